The van der Waals surface area contributed by atoms with Crippen molar-refractivity contribution in [3.63, 3.8) is 0 Å². The van der Waals surface area contributed by atoms with E-state index in [1.807, 2.05) is 36.4 Å². The van der Waals surface area contributed by atoms with Crippen LogP contribution in [0.4, 0.5) is 23.0 Å². The molecule has 0 amide bonds. The number of anilines is 3. The summed E-state index contributed by atoms with van der Waals surface area (Å²) in [5.41, 5.74) is 21.8. The van der Waals surface area contributed by atoms with Crippen molar-refractivity contribution in [2.45, 2.75) is 0 Å². The number of aromatic nitrogens is 2. The summed E-state index contributed by atoms with van der Waals surface area (Å²) in [6.07, 6.45) is 0. The molecule has 0 aliphatic heterocycles. The van der Waals surface area contributed by atoms with Crippen LogP contribution in [-0.4, -0.2) is 15.8 Å². The highest BCUT2D eigenvalue weighted by molar-refractivity contribution is 6.01. The number of hydrogen-bond donors (Lipinski definition) is 3. The van der Waals surface area contributed by atoms with E-state index in [1.54, 1.807) is 30.3 Å². The Balaban J connectivity index is 1.75. The zero-order chi connectivity index (χ0) is 18.8. The molecule has 0 atom stereocenters. The molecule has 0 saturated heterocycles. The maximum atomic E-state index is 5.79. The molecular weight excluding hydrogens is 338 g/mol. The maximum Gasteiger partial charge on any atom is 0.181 e. The molecule has 2 aromatic carbocycles. The van der Waals surface area contributed by atoms with Gasteiger partial charge in [0, 0.05) is 22.5 Å². The quantitative estimate of drug-likeness (QED) is 0.295. The fraction of sp³-hybridized carbons (Fsp3) is 0. The lowest BCUT2D eigenvalue weighted by Gasteiger charge is -2.02. The Hall–Kier alpha value is -4.00. The SMILES string of the molecule is Nc1ccc(/C(N=c2nc2-c2ccc(N)cc2)=N/c2cccc(N)n2)cc1. The molecule has 7 nitrogen and oxygen atoms in total. The number of aliphatic imine (C=N–C) groups is 1. The fourth-order valence-corrected chi connectivity index (χ4v) is 2.49. The molecule has 0 unspecified atom stereocenters. The molecule has 0 radical (unpaired) electrons. The van der Waals surface area contributed by atoms with Gasteiger partial charge < -0.3 is 17.2 Å². The molecule has 4 aromatic rings. The summed E-state index contributed by atoms with van der Waals surface area (Å²) < 4.78 is 0. The van der Waals surface area contributed by atoms with Gasteiger partial charge in [-0.2, -0.15) is 0 Å². The Kier molecular flexibility index (Phi) is 4.10. The standard InChI is InChI=1S/C20H17N7/c21-14-8-4-12(5-9-14)18-20(26-18)27-19(13-6-10-15(22)11-7-13)25-17-3-1-2-16(23)24-17/h1-11H,21-22H2,(H2,23,24)/b25-19-,27-20?. The lowest BCUT2D eigenvalue weighted by atomic mass is 10.2. The van der Waals surface area contributed by atoms with Gasteiger partial charge in [0.25, 0.3) is 0 Å². The van der Waals surface area contributed by atoms with Crippen molar-refractivity contribution in [3.05, 3.63) is 77.8 Å². The van der Waals surface area contributed by atoms with Crippen LogP contribution in [-0.2, 0) is 0 Å². The van der Waals surface area contributed by atoms with Crippen LogP contribution >= 0.6 is 0 Å². The third-order valence-electron chi connectivity index (χ3n) is 3.92. The Bertz CT molecular complexity index is 1130. The molecule has 132 valence electrons. The van der Waals surface area contributed by atoms with E-state index in [0.29, 0.717) is 34.3 Å². The molecule has 2 aromatic heterocycles. The Morgan fingerprint density at radius 3 is 2.07 bits per heavy atom. The summed E-state index contributed by atoms with van der Waals surface area (Å²) in [6.45, 7) is 0. The highest BCUT2D eigenvalue weighted by atomic mass is 15.0. The normalized spacial score (nSPS) is 12.6. The van der Waals surface area contributed by atoms with Crippen LogP contribution in [0.25, 0.3) is 11.3 Å². The van der Waals surface area contributed by atoms with Crippen LogP contribution in [0.3, 0.4) is 0 Å². The summed E-state index contributed by atoms with van der Waals surface area (Å²) in [5, 5.41) is 0. The van der Waals surface area contributed by atoms with E-state index < -0.39 is 0 Å². The van der Waals surface area contributed by atoms with Crippen molar-refractivity contribution in [1.29, 1.82) is 0 Å². The van der Waals surface area contributed by atoms with E-state index >= 15 is 0 Å². The molecule has 0 fully saturated rings. The van der Waals surface area contributed by atoms with E-state index in [4.69, 9.17) is 17.2 Å². The monoisotopic (exact) mass is 355 g/mol. The van der Waals surface area contributed by atoms with Crippen molar-refractivity contribution in [2.24, 2.45) is 9.98 Å². The lowest BCUT2D eigenvalue weighted by molar-refractivity contribution is 1.26. The number of hydrogen-bond acceptors (Lipinski definition) is 6. The zero-order valence-electron chi connectivity index (χ0n) is 14.4. The van der Waals surface area contributed by atoms with Gasteiger partial charge in [-0.1, -0.05) is 18.2 Å². The van der Waals surface area contributed by atoms with E-state index in [1.165, 1.54) is 0 Å². The van der Waals surface area contributed by atoms with Crippen LogP contribution < -0.4 is 22.7 Å². The number of amidine groups is 1. The molecule has 4 rings (SSSR count). The maximum absolute atomic E-state index is 5.79. The smallest absolute Gasteiger partial charge is 0.181 e. The molecule has 7 heteroatoms. The minimum atomic E-state index is 0.394. The molecule has 0 bridgehead atoms. The first-order chi connectivity index (χ1) is 13.1. The summed E-state index contributed by atoms with van der Waals surface area (Å²) >= 11 is 0. The van der Waals surface area contributed by atoms with Gasteiger partial charge in [-0.05, 0) is 48.5 Å². The van der Waals surface area contributed by atoms with Gasteiger partial charge in [-0.15, -0.1) is 0 Å². The molecular formula is C20H17N7. The van der Waals surface area contributed by atoms with Gasteiger partial charge in [0.1, 0.15) is 11.5 Å². The van der Waals surface area contributed by atoms with Gasteiger partial charge in [0.15, 0.2) is 17.1 Å². The predicted octanol–water partition coefficient (Wildman–Crippen LogP) is 2.45. The number of nitrogens with zero attached hydrogens (tertiary/aromatic N) is 4. The van der Waals surface area contributed by atoms with E-state index in [2.05, 4.69) is 20.0 Å². The van der Waals surface area contributed by atoms with E-state index in [0.717, 1.165) is 16.8 Å². The van der Waals surface area contributed by atoms with Crippen molar-refractivity contribution in [1.82, 2.24) is 9.97 Å². The lowest BCUT2D eigenvalue weighted by Crippen LogP contribution is -2.02. The summed E-state index contributed by atoms with van der Waals surface area (Å²) in [6, 6.07) is 20.1. The van der Waals surface area contributed by atoms with E-state index in [-0.39, 0.29) is 0 Å². The minimum Gasteiger partial charge on any atom is -0.399 e. The van der Waals surface area contributed by atoms with Crippen LogP contribution in [0.15, 0.2) is 76.7 Å². The first-order valence-corrected chi connectivity index (χ1v) is 8.29. The molecule has 27 heavy (non-hydrogen) atoms. The predicted molar refractivity (Wildman–Crippen MR) is 108 cm³/mol. The average molecular weight is 355 g/mol. The molecule has 0 aliphatic carbocycles. The van der Waals surface area contributed by atoms with Gasteiger partial charge >= 0.3 is 0 Å². The second kappa shape index (κ2) is 6.72. The number of nitrogen functional groups attached to an aromatic ring is 3. The Labute approximate surface area is 155 Å². The largest absolute Gasteiger partial charge is 0.399 e. The van der Waals surface area contributed by atoms with Gasteiger partial charge in [0.05, 0.1) is 0 Å². The van der Waals surface area contributed by atoms with Crippen LogP contribution in [0.5, 0.6) is 0 Å². The number of rotatable bonds is 3. The van der Waals surface area contributed by atoms with Gasteiger partial charge in [-0.25, -0.2) is 20.0 Å². The molecule has 0 spiro atoms. The minimum absolute atomic E-state index is 0.394. The van der Waals surface area contributed by atoms with Crippen molar-refractivity contribution in [3.8, 4) is 11.3 Å². The summed E-state index contributed by atoms with van der Waals surface area (Å²) in [5.74, 6) is 1.35. The van der Waals surface area contributed by atoms with Crippen LogP contribution in [0.2, 0.25) is 0 Å². The average Bonchev–Trinajstić information content (AvgIpc) is 3.42. The number of nitrogens with two attached hydrogens (primary N) is 3. The third kappa shape index (κ3) is 3.82. The summed E-state index contributed by atoms with van der Waals surface area (Å²) in [4.78, 5) is 17.7. The summed E-state index contributed by atoms with van der Waals surface area (Å²) in [7, 11) is 0. The molecule has 0 saturated carbocycles. The van der Waals surface area contributed by atoms with Gasteiger partial charge in [-0.3, -0.25) is 0 Å². The first-order valence-electron chi connectivity index (χ1n) is 8.29. The second-order valence-corrected chi connectivity index (χ2v) is 6.00. The number of pyridine rings is 1. The van der Waals surface area contributed by atoms with E-state index in [9.17, 15) is 0 Å². The highest BCUT2D eigenvalue weighted by Gasteiger charge is 2.14. The molecule has 6 N–H and O–H groups in total. The third-order valence-corrected chi connectivity index (χ3v) is 3.92. The fourth-order valence-electron chi connectivity index (χ4n) is 2.49. The topological polar surface area (TPSA) is 129 Å². The second-order valence-electron chi connectivity index (χ2n) is 6.00. The van der Waals surface area contributed by atoms with Crippen molar-refractivity contribution in [2.75, 3.05) is 17.2 Å². The molecule has 0 aliphatic rings. The number of benzene rings is 2. The first kappa shape index (κ1) is 16.5. The highest BCUT2D eigenvalue weighted by Crippen LogP contribution is 2.18. The van der Waals surface area contributed by atoms with Crippen LogP contribution in [0, 0.1) is 0 Å². The zero-order valence-corrected chi connectivity index (χ0v) is 14.4. The van der Waals surface area contributed by atoms with Crippen molar-refractivity contribution >= 4 is 28.8 Å². The Morgan fingerprint density at radius 2 is 1.41 bits per heavy atom. The van der Waals surface area contributed by atoms with Crippen LogP contribution in [0.1, 0.15) is 5.56 Å². The Morgan fingerprint density at radius 1 is 0.741 bits per heavy atom. The molecule has 2 heterocycles. The van der Waals surface area contributed by atoms with Crippen molar-refractivity contribution < 1.29 is 0 Å². The van der Waals surface area contributed by atoms with Gasteiger partial charge in [0.2, 0.25) is 0 Å².